The Morgan fingerprint density at radius 1 is 1.15 bits per heavy atom. The van der Waals surface area contributed by atoms with Gasteiger partial charge in [-0.2, -0.15) is 0 Å². The summed E-state index contributed by atoms with van der Waals surface area (Å²) in [4.78, 5) is 0. The van der Waals surface area contributed by atoms with E-state index in [1.807, 2.05) is 6.92 Å². The van der Waals surface area contributed by atoms with Crippen molar-refractivity contribution >= 4 is 0 Å². The molecule has 0 aromatic heterocycles. The zero-order valence-corrected chi connectivity index (χ0v) is 12.5. The van der Waals surface area contributed by atoms with Crippen molar-refractivity contribution in [3.8, 4) is 0 Å². The molecule has 1 aliphatic rings. The summed E-state index contributed by atoms with van der Waals surface area (Å²) < 4.78 is 27.6. The van der Waals surface area contributed by atoms with Gasteiger partial charge in [-0.25, -0.2) is 8.78 Å². The van der Waals surface area contributed by atoms with Crippen LogP contribution in [0.5, 0.6) is 0 Å². The molecular formula is C17H25F2N. The molecule has 2 unspecified atom stereocenters. The number of benzene rings is 1. The van der Waals surface area contributed by atoms with E-state index in [9.17, 15) is 8.78 Å². The molecule has 0 spiro atoms. The van der Waals surface area contributed by atoms with E-state index in [-0.39, 0.29) is 11.6 Å². The lowest BCUT2D eigenvalue weighted by molar-refractivity contribution is 0.247. The van der Waals surface area contributed by atoms with E-state index in [2.05, 4.69) is 12.2 Å². The second-order valence-corrected chi connectivity index (χ2v) is 5.94. The van der Waals surface area contributed by atoms with E-state index in [1.54, 1.807) is 0 Å². The first-order valence-electron chi connectivity index (χ1n) is 7.83. The molecule has 0 bridgehead atoms. The molecule has 0 saturated heterocycles. The highest BCUT2D eigenvalue weighted by atomic mass is 19.1. The van der Waals surface area contributed by atoms with Gasteiger partial charge in [0.25, 0.3) is 0 Å². The predicted octanol–water partition coefficient (Wildman–Crippen LogP) is 4.97. The zero-order valence-electron chi connectivity index (χ0n) is 12.5. The van der Waals surface area contributed by atoms with Gasteiger partial charge in [0.05, 0.1) is 0 Å². The van der Waals surface area contributed by atoms with E-state index in [0.29, 0.717) is 12.0 Å². The van der Waals surface area contributed by atoms with E-state index in [4.69, 9.17) is 0 Å². The number of nitrogens with one attached hydrogen (secondary N) is 1. The summed E-state index contributed by atoms with van der Waals surface area (Å²) >= 11 is 0. The summed E-state index contributed by atoms with van der Waals surface area (Å²) in [6, 6.07) is 4.14. The molecule has 1 fully saturated rings. The molecule has 1 N–H and O–H groups in total. The van der Waals surface area contributed by atoms with Gasteiger partial charge in [-0.1, -0.05) is 32.3 Å². The van der Waals surface area contributed by atoms with E-state index >= 15 is 0 Å². The minimum atomic E-state index is -0.455. The molecule has 0 amide bonds. The number of rotatable bonds is 5. The van der Waals surface area contributed by atoms with Crippen LogP contribution in [0.15, 0.2) is 18.2 Å². The third-order valence-corrected chi connectivity index (χ3v) is 4.56. The fraction of sp³-hybridized carbons (Fsp3) is 0.647. The van der Waals surface area contributed by atoms with Gasteiger partial charge in [-0.15, -0.1) is 0 Å². The molecule has 2 atom stereocenters. The standard InChI is InChI=1S/C17H25F2N/c1-3-16(13-8-5-4-6-9-13)20-12(2)17-14(18)10-7-11-15(17)19/h7,10-13,16,20H,3-6,8-9H2,1-2H3. The largest absolute Gasteiger partial charge is 0.307 e. The summed E-state index contributed by atoms with van der Waals surface area (Å²) in [5, 5.41) is 3.45. The number of hydrogen-bond acceptors (Lipinski definition) is 1. The van der Waals surface area contributed by atoms with Crippen LogP contribution in [-0.2, 0) is 0 Å². The Hall–Kier alpha value is -0.960. The van der Waals surface area contributed by atoms with Gasteiger partial charge in [-0.3, -0.25) is 0 Å². The van der Waals surface area contributed by atoms with Crippen LogP contribution in [0, 0.1) is 17.6 Å². The molecule has 0 radical (unpaired) electrons. The summed E-state index contributed by atoms with van der Waals surface area (Å²) in [5.41, 5.74) is 0.168. The first kappa shape index (κ1) is 15.4. The van der Waals surface area contributed by atoms with Crippen LogP contribution >= 0.6 is 0 Å². The second kappa shape index (κ2) is 7.16. The minimum absolute atomic E-state index is 0.168. The van der Waals surface area contributed by atoms with Crippen molar-refractivity contribution in [2.24, 2.45) is 5.92 Å². The quantitative estimate of drug-likeness (QED) is 0.803. The second-order valence-electron chi connectivity index (χ2n) is 5.94. The van der Waals surface area contributed by atoms with Crippen molar-refractivity contribution in [3.05, 3.63) is 35.4 Å². The van der Waals surface area contributed by atoms with Gasteiger partial charge in [0.1, 0.15) is 11.6 Å². The Balaban J connectivity index is 2.06. The molecule has 1 nitrogen and oxygen atoms in total. The molecule has 3 heteroatoms. The third kappa shape index (κ3) is 3.57. The highest BCUT2D eigenvalue weighted by Gasteiger charge is 2.25. The summed E-state index contributed by atoms with van der Waals surface area (Å²) in [5.74, 6) is -0.266. The van der Waals surface area contributed by atoms with Crippen molar-refractivity contribution in [2.75, 3.05) is 0 Å². The maximum absolute atomic E-state index is 13.8. The first-order chi connectivity index (χ1) is 9.63. The zero-order chi connectivity index (χ0) is 14.5. The molecule has 20 heavy (non-hydrogen) atoms. The molecule has 1 aliphatic carbocycles. The normalized spacial score (nSPS) is 19.8. The molecule has 1 aromatic carbocycles. The molecule has 2 rings (SSSR count). The SMILES string of the molecule is CCC(NC(C)c1c(F)cccc1F)C1CCCCC1. The van der Waals surface area contributed by atoms with Crippen molar-refractivity contribution < 1.29 is 8.78 Å². The Labute approximate surface area is 120 Å². The fourth-order valence-corrected chi connectivity index (χ4v) is 3.45. The summed E-state index contributed by atoms with van der Waals surface area (Å²) in [7, 11) is 0. The maximum atomic E-state index is 13.8. The van der Waals surface area contributed by atoms with Crippen molar-refractivity contribution in [1.82, 2.24) is 5.32 Å². The monoisotopic (exact) mass is 281 g/mol. The molecule has 1 saturated carbocycles. The van der Waals surface area contributed by atoms with E-state index in [1.165, 1.54) is 50.3 Å². The lowest BCUT2D eigenvalue weighted by Gasteiger charge is -2.33. The number of halogens is 2. The highest BCUT2D eigenvalue weighted by Crippen LogP contribution is 2.30. The molecule has 112 valence electrons. The van der Waals surface area contributed by atoms with Crippen LogP contribution in [0.2, 0.25) is 0 Å². The summed E-state index contributed by atoms with van der Waals surface area (Å²) in [6.45, 7) is 4.00. The average molecular weight is 281 g/mol. The first-order valence-corrected chi connectivity index (χ1v) is 7.83. The lowest BCUT2D eigenvalue weighted by Crippen LogP contribution is -2.38. The average Bonchev–Trinajstić information content (AvgIpc) is 2.45. The van der Waals surface area contributed by atoms with Gasteiger partial charge in [0, 0.05) is 17.6 Å². The van der Waals surface area contributed by atoms with Crippen molar-refractivity contribution in [3.63, 3.8) is 0 Å². The van der Waals surface area contributed by atoms with Crippen LogP contribution in [0.1, 0.15) is 64.0 Å². The lowest BCUT2D eigenvalue weighted by atomic mass is 9.82. The van der Waals surface area contributed by atoms with Gasteiger partial charge in [0.15, 0.2) is 0 Å². The molecule has 0 aliphatic heterocycles. The van der Waals surface area contributed by atoms with Crippen LogP contribution in [0.4, 0.5) is 8.78 Å². The fourth-order valence-electron chi connectivity index (χ4n) is 3.45. The Bertz CT molecular complexity index is 407. The van der Waals surface area contributed by atoms with Gasteiger partial charge in [-0.05, 0) is 44.2 Å². The van der Waals surface area contributed by atoms with Crippen LogP contribution in [0.3, 0.4) is 0 Å². The Morgan fingerprint density at radius 2 is 1.75 bits per heavy atom. The topological polar surface area (TPSA) is 12.0 Å². The molecular weight excluding hydrogens is 256 g/mol. The maximum Gasteiger partial charge on any atom is 0.130 e. The van der Waals surface area contributed by atoms with Crippen molar-refractivity contribution in [1.29, 1.82) is 0 Å². The van der Waals surface area contributed by atoms with Gasteiger partial charge >= 0.3 is 0 Å². The van der Waals surface area contributed by atoms with E-state index < -0.39 is 11.6 Å². The smallest absolute Gasteiger partial charge is 0.130 e. The molecule has 1 aromatic rings. The van der Waals surface area contributed by atoms with Gasteiger partial charge < -0.3 is 5.32 Å². The van der Waals surface area contributed by atoms with Crippen LogP contribution in [-0.4, -0.2) is 6.04 Å². The predicted molar refractivity (Wildman–Crippen MR) is 78.6 cm³/mol. The minimum Gasteiger partial charge on any atom is -0.307 e. The van der Waals surface area contributed by atoms with E-state index in [0.717, 1.165) is 6.42 Å². The highest BCUT2D eigenvalue weighted by molar-refractivity contribution is 5.23. The number of hydrogen-bond donors (Lipinski definition) is 1. The molecule has 0 heterocycles. The van der Waals surface area contributed by atoms with Crippen molar-refractivity contribution in [2.45, 2.75) is 64.5 Å². The third-order valence-electron chi connectivity index (χ3n) is 4.56. The van der Waals surface area contributed by atoms with Crippen LogP contribution in [0.25, 0.3) is 0 Å². The van der Waals surface area contributed by atoms with Crippen LogP contribution < -0.4 is 5.32 Å². The van der Waals surface area contributed by atoms with Gasteiger partial charge in [0.2, 0.25) is 0 Å². The Kier molecular flexibility index (Phi) is 5.53. The Morgan fingerprint density at radius 3 is 2.30 bits per heavy atom. The summed E-state index contributed by atoms with van der Waals surface area (Å²) in [6.07, 6.45) is 7.36.